The Morgan fingerprint density at radius 3 is 2.10 bits per heavy atom. The standard InChI is InChI=1S/C12H24F3NO3Si/c1-5-6-7-8-9-10(19-20(2,3)4)11(16(17)18)12(13,14)15/h10-11H,5-9H2,1-4H3/t10-,11-/m0/s1. The molecule has 0 saturated carbocycles. The highest BCUT2D eigenvalue weighted by atomic mass is 28.4. The third-order valence-electron chi connectivity index (χ3n) is 2.76. The quantitative estimate of drug-likeness (QED) is 0.274. The van der Waals surface area contributed by atoms with E-state index in [1.807, 2.05) is 6.92 Å². The lowest BCUT2D eigenvalue weighted by Gasteiger charge is -2.29. The van der Waals surface area contributed by atoms with Crippen LogP contribution in [0.3, 0.4) is 0 Å². The normalized spacial score (nSPS) is 15.9. The van der Waals surface area contributed by atoms with Crippen molar-refractivity contribution >= 4 is 8.32 Å². The minimum Gasteiger partial charge on any atom is -0.407 e. The van der Waals surface area contributed by atoms with Crippen LogP contribution < -0.4 is 0 Å². The van der Waals surface area contributed by atoms with E-state index in [1.165, 1.54) is 0 Å². The average Bonchev–Trinajstić information content (AvgIpc) is 2.19. The van der Waals surface area contributed by atoms with Crippen LogP contribution in [0.1, 0.15) is 39.0 Å². The Bertz CT molecular complexity index is 305. The Hall–Kier alpha value is -0.633. The minimum atomic E-state index is -4.88. The van der Waals surface area contributed by atoms with Gasteiger partial charge < -0.3 is 4.43 Å². The van der Waals surface area contributed by atoms with Gasteiger partial charge in [0.1, 0.15) is 6.10 Å². The van der Waals surface area contributed by atoms with Crippen molar-refractivity contribution in [3.05, 3.63) is 10.1 Å². The molecule has 0 aliphatic carbocycles. The molecule has 0 bridgehead atoms. The highest BCUT2D eigenvalue weighted by Gasteiger charge is 2.55. The topological polar surface area (TPSA) is 52.4 Å². The summed E-state index contributed by atoms with van der Waals surface area (Å²) in [5.41, 5.74) is 0. The first-order chi connectivity index (χ1) is 8.99. The Morgan fingerprint density at radius 1 is 1.20 bits per heavy atom. The number of unbranched alkanes of at least 4 members (excludes halogenated alkanes) is 3. The third-order valence-corrected chi connectivity index (χ3v) is 3.77. The first-order valence-corrected chi connectivity index (χ1v) is 10.3. The van der Waals surface area contributed by atoms with Crippen molar-refractivity contribution in [3.63, 3.8) is 0 Å². The molecule has 0 aromatic carbocycles. The second-order valence-electron chi connectivity index (χ2n) is 5.89. The third kappa shape index (κ3) is 7.84. The van der Waals surface area contributed by atoms with E-state index in [1.54, 1.807) is 19.6 Å². The molecule has 4 nitrogen and oxygen atoms in total. The van der Waals surface area contributed by atoms with Crippen molar-refractivity contribution < 1.29 is 22.5 Å². The first kappa shape index (κ1) is 19.4. The van der Waals surface area contributed by atoms with Crippen molar-refractivity contribution in [2.75, 3.05) is 0 Å². The molecule has 20 heavy (non-hydrogen) atoms. The van der Waals surface area contributed by atoms with Crippen LogP contribution >= 0.6 is 0 Å². The Balaban J connectivity index is 4.92. The molecular formula is C12H24F3NO3Si. The monoisotopic (exact) mass is 315 g/mol. The van der Waals surface area contributed by atoms with E-state index >= 15 is 0 Å². The van der Waals surface area contributed by atoms with Crippen molar-refractivity contribution in [3.8, 4) is 0 Å². The number of alkyl halides is 3. The summed E-state index contributed by atoms with van der Waals surface area (Å²) >= 11 is 0. The summed E-state index contributed by atoms with van der Waals surface area (Å²) < 4.78 is 44.0. The van der Waals surface area contributed by atoms with Gasteiger partial charge in [-0.2, -0.15) is 13.2 Å². The van der Waals surface area contributed by atoms with Gasteiger partial charge in [-0.15, -0.1) is 0 Å². The first-order valence-electron chi connectivity index (χ1n) is 6.87. The maximum Gasteiger partial charge on any atom is 0.460 e. The number of hydrogen-bond donors (Lipinski definition) is 0. The summed E-state index contributed by atoms with van der Waals surface area (Å²) in [7, 11) is -2.28. The molecule has 0 fully saturated rings. The molecule has 0 aromatic rings. The fraction of sp³-hybridized carbons (Fsp3) is 1.00. The van der Waals surface area contributed by atoms with E-state index < -0.39 is 31.6 Å². The van der Waals surface area contributed by atoms with Crippen LogP contribution in [0.15, 0.2) is 0 Å². The van der Waals surface area contributed by atoms with Crippen LogP contribution in [0.4, 0.5) is 13.2 Å². The van der Waals surface area contributed by atoms with E-state index in [-0.39, 0.29) is 6.42 Å². The van der Waals surface area contributed by atoms with Crippen LogP contribution in [0.5, 0.6) is 0 Å². The van der Waals surface area contributed by atoms with Gasteiger partial charge in [0.2, 0.25) is 0 Å². The summed E-state index contributed by atoms with van der Waals surface area (Å²) in [6.07, 6.45) is -3.03. The lowest BCUT2D eigenvalue weighted by atomic mass is 10.0. The van der Waals surface area contributed by atoms with E-state index in [4.69, 9.17) is 4.43 Å². The second-order valence-corrected chi connectivity index (χ2v) is 10.4. The van der Waals surface area contributed by atoms with Crippen LogP contribution in [-0.4, -0.2) is 31.6 Å². The van der Waals surface area contributed by atoms with E-state index in [0.29, 0.717) is 6.42 Å². The number of hydrogen-bond acceptors (Lipinski definition) is 3. The summed E-state index contributed by atoms with van der Waals surface area (Å²) in [6.45, 7) is 7.20. The maximum absolute atomic E-state index is 12.9. The van der Waals surface area contributed by atoms with Gasteiger partial charge in [0.15, 0.2) is 8.32 Å². The number of halogens is 3. The summed E-state index contributed by atoms with van der Waals surface area (Å²) in [4.78, 5) is 9.52. The summed E-state index contributed by atoms with van der Waals surface area (Å²) in [5.74, 6) is 0. The molecular weight excluding hydrogens is 291 g/mol. The molecule has 120 valence electrons. The van der Waals surface area contributed by atoms with Gasteiger partial charge in [-0.1, -0.05) is 32.6 Å². The largest absolute Gasteiger partial charge is 0.460 e. The molecule has 0 aromatic heterocycles. The molecule has 0 saturated heterocycles. The maximum atomic E-state index is 12.9. The predicted molar refractivity (Wildman–Crippen MR) is 73.8 cm³/mol. The molecule has 2 atom stereocenters. The number of nitro groups is 1. The number of nitrogens with zero attached hydrogens (tertiary/aromatic N) is 1. The Morgan fingerprint density at radius 2 is 1.75 bits per heavy atom. The van der Waals surface area contributed by atoms with Gasteiger partial charge >= 0.3 is 12.2 Å². The fourth-order valence-electron chi connectivity index (χ4n) is 1.97. The molecule has 0 rings (SSSR count). The van der Waals surface area contributed by atoms with Gasteiger partial charge in [0.05, 0.1) is 0 Å². The number of rotatable bonds is 9. The van der Waals surface area contributed by atoms with Crippen molar-refractivity contribution in [1.82, 2.24) is 0 Å². The zero-order valence-electron chi connectivity index (χ0n) is 12.5. The van der Waals surface area contributed by atoms with Crippen molar-refractivity contribution in [2.45, 2.75) is 77.0 Å². The lowest BCUT2D eigenvalue weighted by molar-refractivity contribution is -0.573. The van der Waals surface area contributed by atoms with Crippen molar-refractivity contribution in [2.24, 2.45) is 0 Å². The zero-order valence-corrected chi connectivity index (χ0v) is 13.5. The Kier molecular flexibility index (Phi) is 7.72. The molecule has 0 aliphatic heterocycles. The molecule has 0 spiro atoms. The van der Waals surface area contributed by atoms with E-state index in [9.17, 15) is 23.3 Å². The lowest BCUT2D eigenvalue weighted by Crippen LogP contribution is -2.50. The van der Waals surface area contributed by atoms with E-state index in [2.05, 4.69) is 0 Å². The van der Waals surface area contributed by atoms with Gasteiger partial charge in [-0.05, 0) is 26.1 Å². The smallest absolute Gasteiger partial charge is 0.407 e. The highest BCUT2D eigenvalue weighted by Crippen LogP contribution is 2.30. The predicted octanol–water partition coefficient (Wildman–Crippen LogP) is 4.38. The Labute approximate surface area is 119 Å². The molecule has 0 heterocycles. The molecule has 0 radical (unpaired) electrons. The summed E-state index contributed by atoms with van der Waals surface area (Å²) in [6, 6.07) is -2.63. The van der Waals surface area contributed by atoms with Gasteiger partial charge in [0.25, 0.3) is 0 Å². The highest BCUT2D eigenvalue weighted by molar-refractivity contribution is 6.69. The van der Waals surface area contributed by atoms with E-state index in [0.717, 1.165) is 19.3 Å². The second kappa shape index (κ2) is 7.97. The van der Waals surface area contributed by atoms with Gasteiger partial charge in [0, 0.05) is 4.92 Å². The SMILES string of the molecule is CCCCCC[C@H](O[Si](C)(C)C)[C@H]([N+](=O)[O-])C(F)(F)F. The zero-order chi connectivity index (χ0) is 16.0. The molecule has 8 heteroatoms. The average molecular weight is 315 g/mol. The minimum absolute atomic E-state index is 0.0788. The molecule has 0 unspecified atom stereocenters. The molecule has 0 amide bonds. The van der Waals surface area contributed by atoms with Crippen LogP contribution in [-0.2, 0) is 4.43 Å². The van der Waals surface area contributed by atoms with Crippen LogP contribution in [0.2, 0.25) is 19.6 Å². The summed E-state index contributed by atoms with van der Waals surface area (Å²) in [5, 5.41) is 10.8. The van der Waals surface area contributed by atoms with Gasteiger partial charge in [-0.3, -0.25) is 10.1 Å². The van der Waals surface area contributed by atoms with Gasteiger partial charge in [-0.25, -0.2) is 0 Å². The van der Waals surface area contributed by atoms with Crippen LogP contribution in [0, 0.1) is 10.1 Å². The molecule has 0 aliphatic rings. The van der Waals surface area contributed by atoms with Crippen LogP contribution in [0.25, 0.3) is 0 Å². The molecule has 0 N–H and O–H groups in total. The fourth-order valence-corrected chi connectivity index (χ4v) is 3.13. The van der Waals surface area contributed by atoms with Crippen molar-refractivity contribution in [1.29, 1.82) is 0 Å².